The Kier molecular flexibility index (Phi) is 4.64. The van der Waals surface area contributed by atoms with Crippen LogP contribution in [0.2, 0.25) is 0 Å². The molecule has 3 rings (SSSR count). The monoisotopic (exact) mass is 304 g/mol. The normalized spacial score (nSPS) is 10.1. The number of aromatic nitrogens is 1. The first-order valence-electron chi connectivity index (χ1n) is 7.31. The molecule has 1 heterocycles. The summed E-state index contributed by atoms with van der Waals surface area (Å²) in [6.07, 6.45) is 3.02. The van der Waals surface area contributed by atoms with E-state index in [9.17, 15) is 4.79 Å². The minimum Gasteiger partial charge on any atom is -0.410 e. The summed E-state index contributed by atoms with van der Waals surface area (Å²) in [4.78, 5) is 18.3. The maximum Gasteiger partial charge on any atom is 0.420 e. The van der Waals surface area contributed by atoms with Gasteiger partial charge in [-0.3, -0.25) is 9.88 Å². The molecule has 0 fully saturated rings. The zero-order chi connectivity index (χ0) is 15.9. The number of ether oxygens (including phenoxy) is 1. The molecule has 0 aliphatic carbocycles. The van der Waals surface area contributed by atoms with Gasteiger partial charge in [0.15, 0.2) is 0 Å². The lowest BCUT2D eigenvalue weighted by molar-refractivity contribution is 0.207. The van der Waals surface area contributed by atoms with Gasteiger partial charge in [-0.1, -0.05) is 42.5 Å². The van der Waals surface area contributed by atoms with Crippen LogP contribution in [-0.4, -0.2) is 11.1 Å². The fourth-order valence-electron chi connectivity index (χ4n) is 2.19. The average Bonchev–Trinajstić information content (AvgIpc) is 2.62. The van der Waals surface area contributed by atoms with Crippen LogP contribution < -0.4 is 9.64 Å². The van der Waals surface area contributed by atoms with Gasteiger partial charge >= 0.3 is 6.09 Å². The highest BCUT2D eigenvalue weighted by Crippen LogP contribution is 2.19. The first kappa shape index (κ1) is 14.8. The van der Waals surface area contributed by atoms with Gasteiger partial charge in [0, 0.05) is 18.1 Å². The first-order chi connectivity index (χ1) is 11.3. The summed E-state index contributed by atoms with van der Waals surface area (Å²) in [5, 5.41) is 0. The van der Waals surface area contributed by atoms with Gasteiger partial charge in [0.1, 0.15) is 5.75 Å². The molecule has 2 aromatic carbocycles. The molecular weight excluding hydrogens is 288 g/mol. The van der Waals surface area contributed by atoms with Crippen molar-refractivity contribution in [1.82, 2.24) is 4.98 Å². The molecule has 0 N–H and O–H groups in total. The number of carbonyl (C=O) groups is 1. The second-order valence-electron chi connectivity index (χ2n) is 4.96. The van der Waals surface area contributed by atoms with Crippen LogP contribution in [-0.2, 0) is 6.54 Å². The Bertz CT molecular complexity index is 746. The number of rotatable bonds is 4. The van der Waals surface area contributed by atoms with E-state index in [0.29, 0.717) is 12.3 Å². The zero-order valence-corrected chi connectivity index (χ0v) is 12.5. The zero-order valence-electron chi connectivity index (χ0n) is 12.5. The first-order valence-corrected chi connectivity index (χ1v) is 7.31. The Hall–Kier alpha value is -3.14. The van der Waals surface area contributed by atoms with Crippen LogP contribution >= 0.6 is 0 Å². The third-order valence-electron chi connectivity index (χ3n) is 3.30. The van der Waals surface area contributed by atoms with Gasteiger partial charge in [0.25, 0.3) is 0 Å². The summed E-state index contributed by atoms with van der Waals surface area (Å²) < 4.78 is 5.47. The van der Waals surface area contributed by atoms with Crippen molar-refractivity contribution in [2.45, 2.75) is 6.54 Å². The van der Waals surface area contributed by atoms with Crippen molar-refractivity contribution in [3.63, 3.8) is 0 Å². The molecule has 0 spiro atoms. The Balaban J connectivity index is 1.84. The number of para-hydroxylation sites is 2. The smallest absolute Gasteiger partial charge is 0.410 e. The number of nitrogens with zero attached hydrogens (tertiary/aromatic N) is 2. The molecule has 0 bridgehead atoms. The van der Waals surface area contributed by atoms with Gasteiger partial charge in [-0.05, 0) is 35.9 Å². The molecule has 0 aliphatic heterocycles. The van der Waals surface area contributed by atoms with Gasteiger partial charge < -0.3 is 4.74 Å². The second kappa shape index (κ2) is 7.22. The largest absolute Gasteiger partial charge is 0.420 e. The summed E-state index contributed by atoms with van der Waals surface area (Å²) in [6, 6.07) is 22.3. The van der Waals surface area contributed by atoms with E-state index in [1.165, 1.54) is 0 Å². The van der Waals surface area contributed by atoms with Crippen LogP contribution in [0.25, 0.3) is 0 Å². The van der Waals surface area contributed by atoms with Crippen LogP contribution in [0.5, 0.6) is 5.75 Å². The number of hydrogen-bond acceptors (Lipinski definition) is 3. The van der Waals surface area contributed by atoms with Crippen molar-refractivity contribution >= 4 is 11.8 Å². The predicted octanol–water partition coefficient (Wildman–Crippen LogP) is 4.29. The minimum absolute atomic E-state index is 0.392. The minimum atomic E-state index is -0.425. The summed E-state index contributed by atoms with van der Waals surface area (Å²) >= 11 is 0. The van der Waals surface area contributed by atoms with Gasteiger partial charge in [0.05, 0.1) is 6.54 Å². The lowest BCUT2D eigenvalue weighted by atomic mass is 10.2. The maximum atomic E-state index is 12.6. The number of anilines is 1. The number of benzene rings is 2. The highest BCUT2D eigenvalue weighted by Gasteiger charge is 2.18. The van der Waals surface area contributed by atoms with Crippen LogP contribution in [0.4, 0.5) is 10.5 Å². The van der Waals surface area contributed by atoms with Crippen molar-refractivity contribution in [3.8, 4) is 5.75 Å². The number of pyridine rings is 1. The lowest BCUT2D eigenvalue weighted by Crippen LogP contribution is -2.33. The third kappa shape index (κ3) is 3.95. The number of carbonyl (C=O) groups excluding carboxylic acids is 1. The predicted molar refractivity (Wildman–Crippen MR) is 89.3 cm³/mol. The molecule has 114 valence electrons. The van der Waals surface area contributed by atoms with E-state index in [1.807, 2.05) is 60.7 Å². The van der Waals surface area contributed by atoms with Crippen molar-refractivity contribution in [2.24, 2.45) is 0 Å². The maximum absolute atomic E-state index is 12.6. The summed E-state index contributed by atoms with van der Waals surface area (Å²) in [7, 11) is 0. The number of hydrogen-bond donors (Lipinski definition) is 0. The molecule has 23 heavy (non-hydrogen) atoms. The van der Waals surface area contributed by atoms with Crippen molar-refractivity contribution in [2.75, 3.05) is 4.90 Å². The molecule has 4 heteroatoms. The van der Waals surface area contributed by atoms with Crippen molar-refractivity contribution < 1.29 is 9.53 Å². The SMILES string of the molecule is O=C(Oc1ccccc1)N(Cc1cccnc1)c1ccccc1. The molecule has 1 aromatic heterocycles. The molecular formula is C19H16N2O2. The van der Waals surface area contributed by atoms with E-state index >= 15 is 0 Å². The molecule has 0 atom stereocenters. The fourth-order valence-corrected chi connectivity index (χ4v) is 2.19. The Morgan fingerprint density at radius 3 is 2.26 bits per heavy atom. The van der Waals surface area contributed by atoms with E-state index in [0.717, 1.165) is 11.3 Å². The standard InChI is InChI=1S/C19H16N2O2/c22-19(23-18-11-5-2-6-12-18)21(17-9-3-1-4-10-17)15-16-8-7-13-20-14-16/h1-14H,15H2. The molecule has 0 aliphatic rings. The Morgan fingerprint density at radius 1 is 0.913 bits per heavy atom. The van der Waals surface area contributed by atoms with Crippen LogP contribution in [0.15, 0.2) is 85.2 Å². The van der Waals surface area contributed by atoms with Crippen LogP contribution in [0.3, 0.4) is 0 Å². The van der Waals surface area contributed by atoms with Gasteiger partial charge in [-0.2, -0.15) is 0 Å². The van der Waals surface area contributed by atoms with E-state index in [-0.39, 0.29) is 0 Å². The Labute approximate surface area is 135 Å². The third-order valence-corrected chi connectivity index (χ3v) is 3.30. The second-order valence-corrected chi connectivity index (χ2v) is 4.96. The van der Waals surface area contributed by atoms with Crippen molar-refractivity contribution in [1.29, 1.82) is 0 Å². The van der Waals surface area contributed by atoms with Gasteiger partial charge in [-0.15, -0.1) is 0 Å². The molecule has 0 saturated carbocycles. The number of amides is 1. The molecule has 4 nitrogen and oxygen atoms in total. The molecule has 3 aromatic rings. The van der Waals surface area contributed by atoms with Crippen molar-refractivity contribution in [3.05, 3.63) is 90.8 Å². The van der Waals surface area contributed by atoms with E-state index in [1.54, 1.807) is 29.4 Å². The van der Waals surface area contributed by atoms with Gasteiger partial charge in [-0.25, -0.2) is 4.79 Å². The highest BCUT2D eigenvalue weighted by molar-refractivity contribution is 5.89. The fraction of sp³-hybridized carbons (Fsp3) is 0.0526. The summed E-state index contributed by atoms with van der Waals surface area (Å²) in [6.45, 7) is 0.392. The van der Waals surface area contributed by atoms with Crippen LogP contribution in [0.1, 0.15) is 5.56 Å². The van der Waals surface area contributed by atoms with E-state index in [4.69, 9.17) is 4.74 Å². The molecule has 0 saturated heterocycles. The quantitative estimate of drug-likeness (QED) is 0.722. The van der Waals surface area contributed by atoms with E-state index in [2.05, 4.69) is 4.98 Å². The Morgan fingerprint density at radius 2 is 1.61 bits per heavy atom. The molecule has 1 amide bonds. The lowest BCUT2D eigenvalue weighted by Gasteiger charge is -2.22. The summed E-state index contributed by atoms with van der Waals surface area (Å²) in [5.41, 5.74) is 1.71. The van der Waals surface area contributed by atoms with Crippen LogP contribution in [0, 0.1) is 0 Å². The topological polar surface area (TPSA) is 42.4 Å². The van der Waals surface area contributed by atoms with Gasteiger partial charge in [0.2, 0.25) is 0 Å². The summed E-state index contributed by atoms with van der Waals surface area (Å²) in [5.74, 6) is 0.518. The highest BCUT2D eigenvalue weighted by atomic mass is 16.6. The molecule has 0 radical (unpaired) electrons. The molecule has 0 unspecified atom stereocenters. The van der Waals surface area contributed by atoms with E-state index < -0.39 is 6.09 Å². The average molecular weight is 304 g/mol.